The second kappa shape index (κ2) is 47.4. The monoisotopic (exact) mass is 1870 g/mol. The van der Waals surface area contributed by atoms with Crippen molar-refractivity contribution in [2.75, 3.05) is 47.3 Å². The van der Waals surface area contributed by atoms with E-state index in [2.05, 4.69) is 81.5 Å². The fourth-order valence-corrected chi connectivity index (χ4v) is 20.6. The number of rotatable bonds is 24. The molecule has 0 atom stereocenters. The Labute approximate surface area is 757 Å². The largest absolute Gasteiger partial charge is 0.495 e. The summed E-state index contributed by atoms with van der Waals surface area (Å²) in [5.74, 6) is 2.31. The van der Waals surface area contributed by atoms with E-state index in [-0.39, 0.29) is 99.5 Å². The smallest absolute Gasteiger partial charge is 0.483 e. The molecule has 16 rings (SSSR count). The number of benzene rings is 8. The van der Waals surface area contributed by atoms with E-state index >= 15 is 0 Å². The maximum absolute atomic E-state index is 13.2. The number of fused-ring (bicyclic) bond motifs is 4. The molecule has 6 N–H and O–H groups in total. The lowest BCUT2D eigenvalue weighted by molar-refractivity contribution is 0.402. The molecule has 0 spiro atoms. The van der Waals surface area contributed by atoms with Gasteiger partial charge in [0.1, 0.15) is 42.6 Å². The van der Waals surface area contributed by atoms with Crippen LogP contribution in [0.4, 0.5) is 23.3 Å². The summed E-state index contributed by atoms with van der Waals surface area (Å²) in [6, 6.07) is 43.1. The molecular formula is C93H123B2BrN8O18S4. The first-order valence-electron chi connectivity index (χ1n) is 41.4. The summed E-state index contributed by atoms with van der Waals surface area (Å²) in [6.07, 6.45) is 27.8. The molecule has 0 amide bonds. The molecule has 1 saturated carbocycles. The van der Waals surface area contributed by atoms with Gasteiger partial charge in [-0.05, 0) is 272 Å². The second-order valence-electron chi connectivity index (χ2n) is 29.3. The number of aryl methyl sites for hydroxylation is 4. The van der Waals surface area contributed by atoms with Gasteiger partial charge < -0.3 is 47.1 Å². The van der Waals surface area contributed by atoms with E-state index in [1.54, 1.807) is 78.9 Å². The van der Waals surface area contributed by atoms with E-state index in [1.165, 1.54) is 78.1 Å². The number of nitrogens with zero attached hydrogens (tertiary/aromatic N) is 4. The lowest BCUT2D eigenvalue weighted by Crippen LogP contribution is -2.16. The molecule has 4 aromatic heterocycles. The number of halogens is 1. The van der Waals surface area contributed by atoms with Crippen molar-refractivity contribution in [2.24, 2.45) is 0 Å². The molecule has 2 radical (unpaired) electrons. The number of aromatic nitrogens is 4. The first-order chi connectivity index (χ1) is 59.3. The van der Waals surface area contributed by atoms with E-state index in [1.807, 2.05) is 94.4 Å². The predicted molar refractivity (Wildman–Crippen MR) is 515 cm³/mol. The minimum absolute atomic E-state index is 0. The number of methoxy groups -OCH3 is 4. The average molecular weight is 1870 g/mol. The summed E-state index contributed by atoms with van der Waals surface area (Å²) in [5.41, 5.74) is 12.1. The summed E-state index contributed by atoms with van der Waals surface area (Å²) >= 11 is 3.38. The molecule has 33 heteroatoms. The van der Waals surface area contributed by atoms with E-state index in [0.29, 0.717) is 61.1 Å². The topological polar surface area (TPSA) is 366 Å². The van der Waals surface area contributed by atoms with Crippen LogP contribution in [0.1, 0.15) is 216 Å². The fraction of sp³-hybridized carbons (Fsp3) is 0.376. The molecule has 0 bridgehead atoms. The quantitative estimate of drug-likeness (QED) is 0.0306. The van der Waals surface area contributed by atoms with Crippen LogP contribution in [0.15, 0.2) is 211 Å². The Morgan fingerprint density at radius 1 is 0.429 bits per heavy atom. The molecule has 4 heterocycles. The Kier molecular flexibility index (Phi) is 38.0. The third-order valence-electron chi connectivity index (χ3n) is 21.6. The zero-order valence-electron chi connectivity index (χ0n) is 70.6. The second-order valence-corrected chi connectivity index (χ2v) is 36.7. The number of hydrogen-bond donors (Lipinski definition) is 6. The molecule has 0 saturated heterocycles. The Balaban J connectivity index is 0.000000288. The maximum atomic E-state index is 13.2. The summed E-state index contributed by atoms with van der Waals surface area (Å²) in [6.45, 7) is 7.88. The van der Waals surface area contributed by atoms with Gasteiger partial charge in [0, 0.05) is 8.70 Å². The molecule has 1 fully saturated rings. The van der Waals surface area contributed by atoms with Gasteiger partial charge in [0.2, 0.25) is 0 Å². The van der Waals surface area contributed by atoms with Crippen LogP contribution >= 0.6 is 15.9 Å². The van der Waals surface area contributed by atoms with Crippen molar-refractivity contribution >= 4 is 149 Å². The Bertz CT molecular complexity index is 6080. The van der Waals surface area contributed by atoms with Gasteiger partial charge in [0.05, 0.1) is 57.8 Å². The summed E-state index contributed by atoms with van der Waals surface area (Å²) < 4.78 is 164. The van der Waals surface area contributed by atoms with Gasteiger partial charge in [-0.3, -0.25) is 18.9 Å². The third-order valence-corrected chi connectivity index (χ3v) is 27.7. The van der Waals surface area contributed by atoms with Crippen LogP contribution in [0.25, 0.3) is 55.0 Å². The molecule has 8 aromatic carbocycles. The van der Waals surface area contributed by atoms with Gasteiger partial charge in [-0.2, -0.15) is 0 Å². The van der Waals surface area contributed by atoms with Crippen LogP contribution in [0.2, 0.25) is 6.80 Å². The van der Waals surface area contributed by atoms with Crippen molar-refractivity contribution in [2.45, 2.75) is 225 Å². The van der Waals surface area contributed by atoms with Gasteiger partial charge in [0.25, 0.3) is 40.1 Å². The SMILES string of the molecule is C.C.C.C.CCc1ccc(OC)c(S(=O)(=O)Nc2noc3cccc(Br)c23)c1.CCc1ccc(OC)c(S(=O)(=O)Nc2noc3cccc(C4=CCCCC4)c23)c1.CCc1ccc(OC)c(S(=O)(=O)Nc2noc3cccc(C4=CCCCC4)c23)c1.CCc1ccc(OC)c(S(=O)(=O)Nc2noc3cccc(C4CCCCC4)c23)c1.OB(O)C1=CCCCC1.[2H]C[B].[HH].[HH]. The van der Waals surface area contributed by atoms with Crippen LogP contribution in [0.5, 0.6) is 23.0 Å². The Hall–Kier alpha value is -10.4. The average Bonchev–Trinajstić information content (AvgIpc) is 1.66. The molecule has 12 aromatic rings. The van der Waals surface area contributed by atoms with Crippen LogP contribution in [0, 0.1) is 0 Å². The van der Waals surface area contributed by atoms with Gasteiger partial charge in [0.15, 0.2) is 45.6 Å². The van der Waals surface area contributed by atoms with Crippen LogP contribution < -0.4 is 37.8 Å². The van der Waals surface area contributed by atoms with Crippen LogP contribution in [0.3, 0.4) is 0 Å². The first-order valence-corrected chi connectivity index (χ1v) is 47.4. The van der Waals surface area contributed by atoms with Gasteiger partial charge in [-0.25, -0.2) is 33.7 Å². The van der Waals surface area contributed by atoms with Gasteiger partial charge in [-0.1, -0.05) is 189 Å². The minimum atomic E-state index is -3.91. The molecule has 126 heavy (non-hydrogen) atoms. The standard InChI is InChI=1S/C22H26N2O4S.2C22H24N2O4S.C16H15BrN2O4S.C6H11BO2.CH3B.4CH4.2H2/c3*1-3-15-12-13-18(27-2)20(14-15)29(25,26)24-22-21-17(16-8-5-4-6-9-16)10-7-11-19(21)28-23-22;1-3-10-7-8-12(22-2)14(9-10)24(20,21)19-16-15-11(17)5-4-6-13(15)23-18-16;8-7(9)6-4-2-1-3-5-6;1-2;;;;;;/h7,10-14,16H,3-6,8-9H2,1-2H3,(H,23,24);2*7-8,10-14H,3-6,9H2,1-2H3,(H,23,24);4-9H,3H2,1-2H3,(H,18,19);4,8-9H,1-3,5H2;1H3;4*1H4;2*1H/i;;;;;1D;;;;;;. The lowest BCUT2D eigenvalue weighted by atomic mass is 9.74. The molecular weight excluding hydrogens is 1750 g/mol. The van der Waals surface area contributed by atoms with Gasteiger partial charge >= 0.3 is 7.12 Å². The zero-order valence-corrected chi connectivity index (χ0v) is 74.5. The van der Waals surface area contributed by atoms with Crippen molar-refractivity contribution in [3.63, 3.8) is 0 Å². The molecule has 0 unspecified atom stereocenters. The number of sulfonamides is 4. The predicted octanol–water partition coefficient (Wildman–Crippen LogP) is 23.3. The Morgan fingerprint density at radius 3 is 1.05 bits per heavy atom. The molecule has 0 aliphatic heterocycles. The number of allylic oxidation sites excluding steroid dienone is 6. The van der Waals surface area contributed by atoms with Crippen molar-refractivity contribution in [1.29, 1.82) is 0 Å². The summed E-state index contributed by atoms with van der Waals surface area (Å²) in [7, 11) is -6.49. The fourth-order valence-electron chi connectivity index (χ4n) is 15.1. The molecule has 680 valence electrons. The van der Waals surface area contributed by atoms with E-state index in [0.717, 1.165) is 140 Å². The zero-order chi connectivity index (χ0) is 88.0. The van der Waals surface area contributed by atoms with Crippen LogP contribution in [-0.4, -0.2) is 108 Å². The van der Waals surface area contributed by atoms with Crippen molar-refractivity contribution in [3.05, 3.63) is 213 Å². The number of anilines is 4. The summed E-state index contributed by atoms with van der Waals surface area (Å²) in [4.78, 5) is 0.341. The number of hydrogen-bond acceptors (Lipinski definition) is 22. The highest BCUT2D eigenvalue weighted by Crippen LogP contribution is 2.43. The highest BCUT2D eigenvalue weighted by molar-refractivity contribution is 9.10. The van der Waals surface area contributed by atoms with Crippen molar-refractivity contribution in [1.82, 2.24) is 20.6 Å². The van der Waals surface area contributed by atoms with Crippen molar-refractivity contribution < 1.29 is 85.0 Å². The normalized spacial score (nSPS) is 14.0. The third kappa shape index (κ3) is 24.7. The van der Waals surface area contributed by atoms with E-state index in [9.17, 15) is 33.7 Å². The molecule has 26 nitrogen and oxygen atoms in total. The van der Waals surface area contributed by atoms with Gasteiger partial charge in [-0.15, -0.1) is 0 Å². The minimum Gasteiger partial charge on any atom is -0.495 e. The van der Waals surface area contributed by atoms with E-state index < -0.39 is 47.2 Å². The van der Waals surface area contributed by atoms with Crippen molar-refractivity contribution in [3.8, 4) is 23.0 Å². The first kappa shape index (κ1) is 101. The summed E-state index contributed by atoms with van der Waals surface area (Å²) in [5, 5.41) is 36.0. The van der Waals surface area contributed by atoms with E-state index in [4.69, 9.17) is 48.5 Å². The Morgan fingerprint density at radius 2 is 0.738 bits per heavy atom. The highest BCUT2D eigenvalue weighted by Gasteiger charge is 2.31. The maximum Gasteiger partial charge on any atom is 0.483 e. The molecule has 4 aliphatic carbocycles. The highest BCUT2D eigenvalue weighted by atomic mass is 79.9. The number of ether oxygens (including phenoxy) is 4. The number of nitrogens with one attached hydrogen (secondary N) is 4. The van der Waals surface area contributed by atoms with Crippen LogP contribution in [-0.2, 0) is 65.8 Å². The lowest BCUT2D eigenvalue weighted by Gasteiger charge is -2.22. The molecule has 4 aliphatic rings.